The third-order valence-corrected chi connectivity index (χ3v) is 3.21. The minimum Gasteiger partial charge on any atom is -0.326 e. The summed E-state index contributed by atoms with van der Waals surface area (Å²) >= 11 is 1.68. The van der Waals surface area contributed by atoms with E-state index in [2.05, 4.69) is 22.1 Å². The molecule has 0 spiro atoms. The first-order valence-corrected chi connectivity index (χ1v) is 6.54. The molecule has 1 amide bonds. The highest BCUT2D eigenvalue weighted by Gasteiger charge is 2.06. The number of hydrogen-bond donors (Lipinski definition) is 1. The smallest absolute Gasteiger partial charge is 0.226 e. The van der Waals surface area contributed by atoms with Gasteiger partial charge in [-0.2, -0.15) is 11.3 Å². The maximum atomic E-state index is 11.5. The molecule has 0 radical (unpaired) electrons. The summed E-state index contributed by atoms with van der Waals surface area (Å²) in [6, 6.07) is 10.0. The van der Waals surface area contributed by atoms with Crippen molar-refractivity contribution in [2.75, 3.05) is 5.32 Å². The fourth-order valence-corrected chi connectivity index (χ4v) is 2.13. The molecule has 0 atom stereocenters. The predicted octanol–water partition coefficient (Wildman–Crippen LogP) is 4.01. The van der Waals surface area contributed by atoms with Gasteiger partial charge in [-0.3, -0.25) is 4.79 Å². The Morgan fingerprint density at radius 2 is 1.82 bits per heavy atom. The second-order valence-corrected chi connectivity index (χ2v) is 5.01. The lowest BCUT2D eigenvalue weighted by Crippen LogP contribution is -2.17. The molecule has 88 valence electrons. The molecule has 0 bridgehead atoms. The first-order chi connectivity index (χ1) is 8.16. The minimum atomic E-state index is 0.00607. The van der Waals surface area contributed by atoms with Crippen LogP contribution in [0.4, 0.5) is 5.69 Å². The monoisotopic (exact) mass is 245 g/mol. The Hall–Kier alpha value is -1.61. The van der Waals surface area contributed by atoms with Gasteiger partial charge in [0.25, 0.3) is 0 Å². The second kappa shape index (κ2) is 5.15. The average molecular weight is 245 g/mol. The SMILES string of the molecule is CC(C)C(=O)Nc1ccc(-c2ccsc2)cc1. The molecule has 1 N–H and O–H groups in total. The van der Waals surface area contributed by atoms with Crippen molar-refractivity contribution < 1.29 is 4.79 Å². The number of anilines is 1. The van der Waals surface area contributed by atoms with E-state index in [1.54, 1.807) is 11.3 Å². The zero-order chi connectivity index (χ0) is 12.3. The zero-order valence-corrected chi connectivity index (χ0v) is 10.8. The molecule has 2 aromatic rings. The van der Waals surface area contributed by atoms with Crippen LogP contribution >= 0.6 is 11.3 Å². The molecule has 0 aliphatic heterocycles. The van der Waals surface area contributed by atoms with Gasteiger partial charge in [0, 0.05) is 11.6 Å². The van der Waals surface area contributed by atoms with Crippen LogP contribution in [-0.2, 0) is 4.79 Å². The molecule has 2 nitrogen and oxygen atoms in total. The van der Waals surface area contributed by atoms with Gasteiger partial charge in [-0.1, -0.05) is 26.0 Å². The van der Waals surface area contributed by atoms with Gasteiger partial charge >= 0.3 is 0 Å². The van der Waals surface area contributed by atoms with E-state index in [0.29, 0.717) is 0 Å². The third-order valence-electron chi connectivity index (χ3n) is 2.53. The van der Waals surface area contributed by atoms with Crippen LogP contribution in [0, 0.1) is 5.92 Å². The number of rotatable bonds is 3. The van der Waals surface area contributed by atoms with Crippen LogP contribution in [0.2, 0.25) is 0 Å². The molecule has 1 aromatic carbocycles. The number of carbonyl (C=O) groups is 1. The number of hydrogen-bond acceptors (Lipinski definition) is 2. The van der Waals surface area contributed by atoms with E-state index in [4.69, 9.17) is 0 Å². The largest absolute Gasteiger partial charge is 0.326 e. The molecule has 17 heavy (non-hydrogen) atoms. The molecule has 0 saturated carbocycles. The Labute approximate surface area is 105 Å². The molecule has 1 heterocycles. The molecular formula is C14H15NOS. The topological polar surface area (TPSA) is 29.1 Å². The van der Waals surface area contributed by atoms with E-state index in [0.717, 1.165) is 5.69 Å². The Morgan fingerprint density at radius 3 is 2.35 bits per heavy atom. The fourth-order valence-electron chi connectivity index (χ4n) is 1.46. The summed E-state index contributed by atoms with van der Waals surface area (Å²) in [4.78, 5) is 11.5. The highest BCUT2D eigenvalue weighted by molar-refractivity contribution is 7.08. The predicted molar refractivity (Wildman–Crippen MR) is 73.2 cm³/mol. The van der Waals surface area contributed by atoms with E-state index < -0.39 is 0 Å². The Morgan fingerprint density at radius 1 is 1.12 bits per heavy atom. The zero-order valence-electron chi connectivity index (χ0n) is 9.94. The van der Waals surface area contributed by atoms with Crippen molar-refractivity contribution in [3.63, 3.8) is 0 Å². The Bertz CT molecular complexity index is 485. The molecule has 0 unspecified atom stereocenters. The highest BCUT2D eigenvalue weighted by atomic mass is 32.1. The van der Waals surface area contributed by atoms with Crippen molar-refractivity contribution in [1.29, 1.82) is 0 Å². The lowest BCUT2D eigenvalue weighted by Gasteiger charge is -2.08. The van der Waals surface area contributed by atoms with E-state index >= 15 is 0 Å². The van der Waals surface area contributed by atoms with E-state index in [1.165, 1.54) is 11.1 Å². The number of benzene rings is 1. The third kappa shape index (κ3) is 2.94. The van der Waals surface area contributed by atoms with Crippen LogP contribution < -0.4 is 5.32 Å². The normalized spacial score (nSPS) is 10.5. The van der Waals surface area contributed by atoms with Gasteiger partial charge in [0.15, 0.2) is 0 Å². The van der Waals surface area contributed by atoms with Crippen LogP contribution in [0.1, 0.15) is 13.8 Å². The van der Waals surface area contributed by atoms with Crippen molar-refractivity contribution in [2.45, 2.75) is 13.8 Å². The molecule has 2 rings (SSSR count). The van der Waals surface area contributed by atoms with Crippen LogP contribution in [0.5, 0.6) is 0 Å². The summed E-state index contributed by atoms with van der Waals surface area (Å²) in [5, 5.41) is 7.05. The Balaban J connectivity index is 2.11. The molecular weight excluding hydrogens is 230 g/mol. The molecule has 0 aliphatic carbocycles. The van der Waals surface area contributed by atoms with Gasteiger partial charge in [-0.15, -0.1) is 0 Å². The molecule has 0 fully saturated rings. The van der Waals surface area contributed by atoms with Crippen molar-refractivity contribution >= 4 is 22.9 Å². The highest BCUT2D eigenvalue weighted by Crippen LogP contribution is 2.23. The van der Waals surface area contributed by atoms with Gasteiger partial charge in [0.1, 0.15) is 0 Å². The summed E-state index contributed by atoms with van der Waals surface area (Å²) in [6.07, 6.45) is 0. The number of nitrogens with one attached hydrogen (secondary N) is 1. The standard InChI is InChI=1S/C14H15NOS/c1-10(2)14(16)15-13-5-3-11(4-6-13)12-7-8-17-9-12/h3-10H,1-2H3,(H,15,16). The lowest BCUT2D eigenvalue weighted by atomic mass is 10.1. The van der Waals surface area contributed by atoms with Crippen molar-refractivity contribution in [1.82, 2.24) is 0 Å². The van der Waals surface area contributed by atoms with Crippen LogP contribution in [0.15, 0.2) is 41.1 Å². The van der Waals surface area contributed by atoms with Gasteiger partial charge in [-0.25, -0.2) is 0 Å². The number of amides is 1. The Kier molecular flexibility index (Phi) is 3.59. The molecule has 3 heteroatoms. The minimum absolute atomic E-state index is 0.00607. The van der Waals surface area contributed by atoms with E-state index in [9.17, 15) is 4.79 Å². The number of carbonyl (C=O) groups excluding carboxylic acids is 1. The maximum Gasteiger partial charge on any atom is 0.226 e. The first kappa shape index (κ1) is 11.9. The van der Waals surface area contributed by atoms with Gasteiger partial charge < -0.3 is 5.32 Å². The van der Waals surface area contributed by atoms with Crippen molar-refractivity contribution in [2.24, 2.45) is 5.92 Å². The molecule has 0 aliphatic rings. The summed E-state index contributed by atoms with van der Waals surface area (Å²) in [7, 11) is 0. The average Bonchev–Trinajstić information content (AvgIpc) is 2.83. The van der Waals surface area contributed by atoms with E-state index in [1.807, 2.05) is 38.1 Å². The van der Waals surface area contributed by atoms with Gasteiger partial charge in [0.05, 0.1) is 0 Å². The fraction of sp³-hybridized carbons (Fsp3) is 0.214. The summed E-state index contributed by atoms with van der Waals surface area (Å²) < 4.78 is 0. The maximum absolute atomic E-state index is 11.5. The lowest BCUT2D eigenvalue weighted by molar-refractivity contribution is -0.118. The second-order valence-electron chi connectivity index (χ2n) is 4.23. The summed E-state index contributed by atoms with van der Waals surface area (Å²) in [5.74, 6) is 0.0554. The van der Waals surface area contributed by atoms with Crippen molar-refractivity contribution in [3.05, 3.63) is 41.1 Å². The van der Waals surface area contributed by atoms with Gasteiger partial charge in [0.2, 0.25) is 5.91 Å². The van der Waals surface area contributed by atoms with Crippen LogP contribution in [0.25, 0.3) is 11.1 Å². The first-order valence-electron chi connectivity index (χ1n) is 5.60. The van der Waals surface area contributed by atoms with Gasteiger partial charge in [-0.05, 0) is 40.1 Å². The number of thiophene rings is 1. The molecule has 0 saturated heterocycles. The summed E-state index contributed by atoms with van der Waals surface area (Å²) in [5.41, 5.74) is 3.24. The van der Waals surface area contributed by atoms with Crippen LogP contribution in [-0.4, -0.2) is 5.91 Å². The van der Waals surface area contributed by atoms with Crippen molar-refractivity contribution in [3.8, 4) is 11.1 Å². The quantitative estimate of drug-likeness (QED) is 0.869. The molecule has 1 aromatic heterocycles. The summed E-state index contributed by atoms with van der Waals surface area (Å²) in [6.45, 7) is 3.77. The van der Waals surface area contributed by atoms with E-state index in [-0.39, 0.29) is 11.8 Å². The van der Waals surface area contributed by atoms with Crippen LogP contribution in [0.3, 0.4) is 0 Å².